The molecule has 0 aromatic heterocycles. The van der Waals surface area contributed by atoms with E-state index in [9.17, 15) is 0 Å². The van der Waals surface area contributed by atoms with Gasteiger partial charge in [-0.2, -0.15) is 0 Å². The van der Waals surface area contributed by atoms with Crippen LogP contribution in [0.4, 0.5) is 11.4 Å². The molecular weight excluding hydrogens is 348 g/mol. The molecular formula is C24H36N2O2. The Morgan fingerprint density at radius 3 is 1.11 bits per heavy atom. The summed E-state index contributed by atoms with van der Waals surface area (Å²) in [4.78, 5) is 4.73. The SMILES string of the molecule is CC.Cc1ccc(N2CCOCC2)cc1.Cc1ccc(N2CCOCC2)cc1. The normalized spacial score (nSPS) is 16.4. The van der Waals surface area contributed by atoms with Crippen LogP contribution in [0.15, 0.2) is 48.5 Å². The Bertz CT molecular complexity index is 584. The summed E-state index contributed by atoms with van der Waals surface area (Å²) in [5.41, 5.74) is 5.26. The zero-order chi connectivity index (χ0) is 20.2. The maximum Gasteiger partial charge on any atom is 0.0642 e. The number of ether oxygens (including phenoxy) is 2. The average Bonchev–Trinajstić information content (AvgIpc) is 2.78. The number of aryl methyl sites for hydroxylation is 2. The third-order valence-corrected chi connectivity index (χ3v) is 4.82. The van der Waals surface area contributed by atoms with Gasteiger partial charge in [-0.15, -0.1) is 0 Å². The molecule has 0 unspecified atom stereocenters. The van der Waals surface area contributed by atoms with Crippen molar-refractivity contribution in [2.24, 2.45) is 0 Å². The number of morpholine rings is 2. The van der Waals surface area contributed by atoms with Crippen molar-refractivity contribution in [3.63, 3.8) is 0 Å². The molecule has 4 nitrogen and oxygen atoms in total. The number of hydrogen-bond acceptors (Lipinski definition) is 4. The summed E-state index contributed by atoms with van der Waals surface area (Å²) < 4.78 is 10.6. The molecule has 4 rings (SSSR count). The molecule has 0 spiro atoms. The highest BCUT2D eigenvalue weighted by Gasteiger charge is 2.10. The summed E-state index contributed by atoms with van der Waals surface area (Å²) in [6.45, 7) is 15.7. The number of benzene rings is 2. The van der Waals surface area contributed by atoms with E-state index in [-0.39, 0.29) is 0 Å². The van der Waals surface area contributed by atoms with Crippen LogP contribution in [0.2, 0.25) is 0 Å². The van der Waals surface area contributed by atoms with Gasteiger partial charge in [0, 0.05) is 37.6 Å². The summed E-state index contributed by atoms with van der Waals surface area (Å²) in [5, 5.41) is 0. The van der Waals surface area contributed by atoms with Crippen LogP contribution in [0.5, 0.6) is 0 Å². The van der Waals surface area contributed by atoms with E-state index in [0.29, 0.717) is 0 Å². The lowest BCUT2D eigenvalue weighted by atomic mass is 10.2. The first-order valence-electron chi connectivity index (χ1n) is 10.5. The van der Waals surface area contributed by atoms with E-state index in [1.165, 1.54) is 22.5 Å². The van der Waals surface area contributed by atoms with Gasteiger partial charge in [0.25, 0.3) is 0 Å². The molecule has 2 heterocycles. The largest absolute Gasteiger partial charge is 0.378 e. The van der Waals surface area contributed by atoms with Gasteiger partial charge in [0.15, 0.2) is 0 Å². The predicted octanol–water partition coefficient (Wildman–Crippen LogP) is 4.69. The predicted molar refractivity (Wildman–Crippen MR) is 120 cm³/mol. The molecule has 28 heavy (non-hydrogen) atoms. The minimum absolute atomic E-state index is 0.855. The number of rotatable bonds is 2. The minimum atomic E-state index is 0.855. The molecule has 4 heteroatoms. The Kier molecular flexibility index (Phi) is 9.87. The number of hydrogen-bond donors (Lipinski definition) is 0. The molecule has 2 fully saturated rings. The van der Waals surface area contributed by atoms with E-state index in [4.69, 9.17) is 9.47 Å². The second-order valence-corrected chi connectivity index (χ2v) is 6.87. The highest BCUT2D eigenvalue weighted by molar-refractivity contribution is 5.48. The van der Waals surface area contributed by atoms with Crippen molar-refractivity contribution in [1.82, 2.24) is 0 Å². The van der Waals surface area contributed by atoms with Crippen LogP contribution in [0.3, 0.4) is 0 Å². The second kappa shape index (κ2) is 12.4. The van der Waals surface area contributed by atoms with E-state index >= 15 is 0 Å². The van der Waals surface area contributed by atoms with E-state index in [2.05, 4.69) is 72.2 Å². The Labute approximate surface area is 171 Å². The van der Waals surface area contributed by atoms with Gasteiger partial charge in [-0.25, -0.2) is 0 Å². The lowest BCUT2D eigenvalue weighted by Gasteiger charge is -2.28. The Morgan fingerprint density at radius 2 is 0.821 bits per heavy atom. The van der Waals surface area contributed by atoms with Crippen molar-refractivity contribution in [2.75, 3.05) is 62.4 Å². The van der Waals surface area contributed by atoms with Crippen molar-refractivity contribution in [3.8, 4) is 0 Å². The van der Waals surface area contributed by atoms with Gasteiger partial charge in [0.2, 0.25) is 0 Å². The van der Waals surface area contributed by atoms with Crippen LogP contribution in [0.1, 0.15) is 25.0 Å². The molecule has 0 radical (unpaired) electrons. The average molecular weight is 385 g/mol. The molecule has 0 saturated carbocycles. The van der Waals surface area contributed by atoms with E-state index in [1.807, 2.05) is 13.8 Å². The number of anilines is 2. The molecule has 0 N–H and O–H groups in total. The first kappa shape index (κ1) is 22.3. The van der Waals surface area contributed by atoms with Crippen LogP contribution in [-0.2, 0) is 9.47 Å². The van der Waals surface area contributed by atoms with Gasteiger partial charge in [0.05, 0.1) is 26.4 Å². The van der Waals surface area contributed by atoms with E-state index < -0.39 is 0 Å². The third kappa shape index (κ3) is 7.17. The molecule has 0 aliphatic carbocycles. The molecule has 0 bridgehead atoms. The maximum absolute atomic E-state index is 5.30. The van der Waals surface area contributed by atoms with Gasteiger partial charge >= 0.3 is 0 Å². The van der Waals surface area contributed by atoms with Crippen LogP contribution < -0.4 is 9.80 Å². The third-order valence-electron chi connectivity index (χ3n) is 4.82. The fourth-order valence-electron chi connectivity index (χ4n) is 3.15. The molecule has 0 amide bonds. The maximum atomic E-state index is 5.30. The first-order chi connectivity index (χ1) is 13.7. The first-order valence-corrected chi connectivity index (χ1v) is 10.5. The molecule has 2 saturated heterocycles. The summed E-state index contributed by atoms with van der Waals surface area (Å²) >= 11 is 0. The monoisotopic (exact) mass is 384 g/mol. The zero-order valence-electron chi connectivity index (χ0n) is 18.0. The zero-order valence-corrected chi connectivity index (χ0v) is 18.0. The standard InChI is InChI=1S/2C11H15NO.C2H6/c2*1-10-2-4-11(5-3-10)12-6-8-13-9-7-12;1-2/h2*2-5H,6-9H2,1H3;1-2H3. The highest BCUT2D eigenvalue weighted by Crippen LogP contribution is 2.16. The molecule has 2 aliphatic rings. The summed E-state index contributed by atoms with van der Waals surface area (Å²) in [6, 6.07) is 17.4. The lowest BCUT2D eigenvalue weighted by molar-refractivity contribution is 0.122. The van der Waals surface area contributed by atoms with Gasteiger partial charge < -0.3 is 19.3 Å². The van der Waals surface area contributed by atoms with Crippen LogP contribution in [0, 0.1) is 13.8 Å². The number of nitrogens with zero attached hydrogens (tertiary/aromatic N) is 2. The Hall–Kier alpha value is -2.04. The van der Waals surface area contributed by atoms with E-state index in [1.54, 1.807) is 0 Å². The van der Waals surface area contributed by atoms with Crippen molar-refractivity contribution < 1.29 is 9.47 Å². The van der Waals surface area contributed by atoms with Crippen molar-refractivity contribution in [1.29, 1.82) is 0 Å². The summed E-state index contributed by atoms with van der Waals surface area (Å²) in [6.07, 6.45) is 0. The smallest absolute Gasteiger partial charge is 0.0642 e. The molecule has 154 valence electrons. The van der Waals surface area contributed by atoms with Crippen molar-refractivity contribution in [2.45, 2.75) is 27.7 Å². The van der Waals surface area contributed by atoms with Crippen molar-refractivity contribution >= 4 is 11.4 Å². The fraction of sp³-hybridized carbons (Fsp3) is 0.500. The molecule has 2 aliphatic heterocycles. The van der Waals surface area contributed by atoms with Gasteiger partial charge in [-0.1, -0.05) is 49.2 Å². The topological polar surface area (TPSA) is 24.9 Å². The summed E-state index contributed by atoms with van der Waals surface area (Å²) in [7, 11) is 0. The van der Waals surface area contributed by atoms with Crippen molar-refractivity contribution in [3.05, 3.63) is 59.7 Å². The lowest BCUT2D eigenvalue weighted by Crippen LogP contribution is -2.36. The molecule has 2 aromatic rings. The van der Waals surface area contributed by atoms with Gasteiger partial charge in [0.1, 0.15) is 0 Å². The molecule has 0 atom stereocenters. The van der Waals surface area contributed by atoms with Gasteiger partial charge in [-0.3, -0.25) is 0 Å². The Balaban J connectivity index is 0.000000184. The minimum Gasteiger partial charge on any atom is -0.378 e. The van der Waals surface area contributed by atoms with Crippen LogP contribution in [0.25, 0.3) is 0 Å². The fourth-order valence-corrected chi connectivity index (χ4v) is 3.15. The second-order valence-electron chi connectivity index (χ2n) is 6.87. The van der Waals surface area contributed by atoms with E-state index in [0.717, 1.165) is 52.6 Å². The van der Waals surface area contributed by atoms with Crippen LogP contribution >= 0.6 is 0 Å². The summed E-state index contributed by atoms with van der Waals surface area (Å²) in [5.74, 6) is 0. The van der Waals surface area contributed by atoms with Gasteiger partial charge in [-0.05, 0) is 38.1 Å². The Morgan fingerprint density at radius 1 is 0.536 bits per heavy atom. The quantitative estimate of drug-likeness (QED) is 0.750. The van der Waals surface area contributed by atoms with Crippen LogP contribution in [-0.4, -0.2) is 52.6 Å². The molecule has 2 aromatic carbocycles. The highest BCUT2D eigenvalue weighted by atomic mass is 16.5.